The van der Waals surface area contributed by atoms with Crippen LogP contribution in [0.15, 0.2) is 55.0 Å². The summed E-state index contributed by atoms with van der Waals surface area (Å²) in [4.78, 5) is 22.3. The summed E-state index contributed by atoms with van der Waals surface area (Å²) >= 11 is 0. The molecule has 2 aliphatic rings. The summed E-state index contributed by atoms with van der Waals surface area (Å²) in [5, 5.41) is 4.12. The number of amides is 1. The summed E-state index contributed by atoms with van der Waals surface area (Å²) in [5.41, 5.74) is 3.04. The predicted octanol–water partition coefficient (Wildman–Crippen LogP) is 3.51. The van der Waals surface area contributed by atoms with Crippen LogP contribution in [0.5, 0.6) is 0 Å². The molecular formula is C24H28N4O2. The van der Waals surface area contributed by atoms with Crippen molar-refractivity contribution in [1.82, 2.24) is 20.2 Å². The molecule has 0 unspecified atom stereocenters. The number of aromatic nitrogens is 2. The number of nitrogens with zero attached hydrogens (tertiary/aromatic N) is 2. The van der Waals surface area contributed by atoms with Crippen LogP contribution in [0.25, 0.3) is 10.9 Å². The average molecular weight is 405 g/mol. The van der Waals surface area contributed by atoms with E-state index in [1.165, 1.54) is 5.56 Å². The summed E-state index contributed by atoms with van der Waals surface area (Å²) in [5.74, 6) is -0.0326. The number of ether oxygens (including phenoxy) is 1. The number of hydrogen-bond donors (Lipinski definition) is 2. The lowest BCUT2D eigenvalue weighted by Gasteiger charge is -2.39. The number of carbonyl (C=O) groups excluding carboxylic acids is 1. The van der Waals surface area contributed by atoms with E-state index in [0.717, 1.165) is 56.2 Å². The maximum Gasteiger partial charge on any atom is 0.251 e. The van der Waals surface area contributed by atoms with Gasteiger partial charge >= 0.3 is 0 Å². The Labute approximate surface area is 176 Å². The third-order valence-electron chi connectivity index (χ3n) is 6.57. The average Bonchev–Trinajstić information content (AvgIpc) is 3.41. The van der Waals surface area contributed by atoms with Gasteiger partial charge in [0.25, 0.3) is 5.91 Å². The molecule has 1 atom stereocenters. The largest absolute Gasteiger partial charge is 0.370 e. The molecule has 6 nitrogen and oxygen atoms in total. The zero-order chi connectivity index (χ0) is 20.4. The third kappa shape index (κ3) is 4.11. The summed E-state index contributed by atoms with van der Waals surface area (Å²) < 4.78 is 6.48. The highest BCUT2D eigenvalue weighted by Crippen LogP contribution is 2.39. The fourth-order valence-corrected chi connectivity index (χ4v) is 4.78. The van der Waals surface area contributed by atoms with Gasteiger partial charge in [-0.05, 0) is 67.6 Å². The molecular weight excluding hydrogens is 376 g/mol. The van der Waals surface area contributed by atoms with Crippen LogP contribution in [0, 0.1) is 0 Å². The Morgan fingerprint density at radius 2 is 2.00 bits per heavy atom. The number of nitrogens with one attached hydrogen (secondary N) is 2. The fraction of sp³-hybridized carbons (Fsp3) is 0.417. The minimum Gasteiger partial charge on any atom is -0.370 e. The van der Waals surface area contributed by atoms with E-state index < -0.39 is 0 Å². The van der Waals surface area contributed by atoms with Gasteiger partial charge in [0, 0.05) is 61.2 Å². The van der Waals surface area contributed by atoms with Gasteiger partial charge in [0.2, 0.25) is 0 Å². The second-order valence-electron chi connectivity index (χ2n) is 8.58. The predicted molar refractivity (Wildman–Crippen MR) is 116 cm³/mol. The third-order valence-corrected chi connectivity index (χ3v) is 6.57. The van der Waals surface area contributed by atoms with Crippen molar-refractivity contribution in [3.05, 3.63) is 66.1 Å². The van der Waals surface area contributed by atoms with Crippen LogP contribution < -0.4 is 5.32 Å². The molecule has 1 spiro atoms. The quantitative estimate of drug-likeness (QED) is 0.683. The highest BCUT2D eigenvalue weighted by molar-refractivity contribution is 5.98. The standard InChI is InChI=1S/C24H28N4O2/c29-23(20-1-2-22-19(15-20)6-12-26-22)27-16-21-3-7-24(30-21)8-13-28(14-9-24)17-18-4-10-25-11-5-18/h1-2,4-6,10-12,15,21,26H,3,7-9,13-14,16-17H2,(H,27,29)/t21-/m0/s1. The molecule has 3 aromatic rings. The van der Waals surface area contributed by atoms with Crippen LogP contribution in [0.2, 0.25) is 0 Å². The number of benzene rings is 1. The van der Waals surface area contributed by atoms with Crippen molar-refractivity contribution in [3.8, 4) is 0 Å². The maximum absolute atomic E-state index is 12.6. The molecule has 2 N–H and O–H groups in total. The van der Waals surface area contributed by atoms with Gasteiger partial charge in [-0.2, -0.15) is 0 Å². The lowest BCUT2D eigenvalue weighted by molar-refractivity contribution is -0.0764. The minimum atomic E-state index is -0.0326. The van der Waals surface area contributed by atoms with Crippen molar-refractivity contribution in [3.63, 3.8) is 0 Å². The normalized spacial score (nSPS) is 21.3. The van der Waals surface area contributed by atoms with Gasteiger partial charge in [-0.1, -0.05) is 0 Å². The summed E-state index contributed by atoms with van der Waals surface area (Å²) in [6, 6.07) is 11.9. The second kappa shape index (κ2) is 8.20. The molecule has 156 valence electrons. The highest BCUT2D eigenvalue weighted by atomic mass is 16.5. The van der Waals surface area contributed by atoms with Gasteiger partial charge in [-0.25, -0.2) is 0 Å². The van der Waals surface area contributed by atoms with Crippen LogP contribution in [0.3, 0.4) is 0 Å². The molecule has 6 heteroatoms. The van der Waals surface area contributed by atoms with E-state index in [0.29, 0.717) is 12.1 Å². The fourth-order valence-electron chi connectivity index (χ4n) is 4.78. The lowest BCUT2D eigenvalue weighted by atomic mass is 9.88. The molecule has 2 fully saturated rings. The highest BCUT2D eigenvalue weighted by Gasteiger charge is 2.42. The number of rotatable bonds is 5. The van der Waals surface area contributed by atoms with Crippen molar-refractivity contribution >= 4 is 16.8 Å². The molecule has 0 aliphatic carbocycles. The van der Waals surface area contributed by atoms with Gasteiger partial charge in [0.1, 0.15) is 0 Å². The minimum absolute atomic E-state index is 0.00578. The molecule has 5 rings (SSSR count). The monoisotopic (exact) mass is 404 g/mol. The number of carbonyl (C=O) groups is 1. The topological polar surface area (TPSA) is 70.2 Å². The first-order valence-electron chi connectivity index (χ1n) is 10.8. The molecule has 1 aromatic carbocycles. The smallest absolute Gasteiger partial charge is 0.251 e. The Kier molecular flexibility index (Phi) is 5.27. The molecule has 2 aliphatic heterocycles. The molecule has 1 amide bonds. The number of H-pyrrole nitrogens is 1. The first kappa shape index (κ1) is 19.3. The zero-order valence-electron chi connectivity index (χ0n) is 17.1. The Bertz CT molecular complexity index is 1010. The molecule has 0 radical (unpaired) electrons. The number of fused-ring (bicyclic) bond motifs is 1. The Morgan fingerprint density at radius 3 is 2.83 bits per heavy atom. The number of piperidine rings is 1. The summed E-state index contributed by atoms with van der Waals surface area (Å²) in [7, 11) is 0. The number of likely N-dealkylation sites (tertiary alicyclic amines) is 1. The van der Waals surface area contributed by atoms with Crippen molar-refractivity contribution < 1.29 is 9.53 Å². The van der Waals surface area contributed by atoms with Crippen LogP contribution in [0.4, 0.5) is 0 Å². The van der Waals surface area contributed by atoms with Crippen molar-refractivity contribution in [2.75, 3.05) is 19.6 Å². The van der Waals surface area contributed by atoms with Gasteiger partial charge < -0.3 is 15.0 Å². The Hall–Kier alpha value is -2.70. The van der Waals surface area contributed by atoms with E-state index in [1.54, 1.807) is 0 Å². The van der Waals surface area contributed by atoms with Crippen molar-refractivity contribution in [2.45, 2.75) is 43.9 Å². The zero-order valence-corrected chi connectivity index (χ0v) is 17.1. The van der Waals surface area contributed by atoms with Crippen LogP contribution in [0.1, 0.15) is 41.6 Å². The van der Waals surface area contributed by atoms with Crippen LogP contribution in [-0.4, -0.2) is 52.1 Å². The first-order chi connectivity index (χ1) is 14.7. The second-order valence-corrected chi connectivity index (χ2v) is 8.58. The van der Waals surface area contributed by atoms with Crippen LogP contribution in [-0.2, 0) is 11.3 Å². The number of hydrogen-bond acceptors (Lipinski definition) is 4. The van der Waals surface area contributed by atoms with E-state index in [2.05, 4.69) is 32.3 Å². The molecule has 0 saturated carbocycles. The lowest BCUT2D eigenvalue weighted by Crippen LogP contribution is -2.44. The van der Waals surface area contributed by atoms with Crippen molar-refractivity contribution in [1.29, 1.82) is 0 Å². The Morgan fingerprint density at radius 1 is 1.17 bits per heavy atom. The number of pyridine rings is 1. The molecule has 30 heavy (non-hydrogen) atoms. The van der Waals surface area contributed by atoms with Gasteiger partial charge in [-0.3, -0.25) is 14.7 Å². The molecule has 2 saturated heterocycles. The van der Waals surface area contributed by atoms with Gasteiger partial charge in [-0.15, -0.1) is 0 Å². The van der Waals surface area contributed by atoms with Gasteiger partial charge in [0.05, 0.1) is 11.7 Å². The number of aromatic amines is 1. The first-order valence-corrected chi connectivity index (χ1v) is 10.8. The molecule has 0 bridgehead atoms. The van der Waals surface area contributed by atoms with E-state index in [-0.39, 0.29) is 17.6 Å². The van der Waals surface area contributed by atoms with E-state index in [9.17, 15) is 4.79 Å². The van der Waals surface area contributed by atoms with Crippen molar-refractivity contribution in [2.24, 2.45) is 0 Å². The Balaban J connectivity index is 1.10. The van der Waals surface area contributed by atoms with Crippen LogP contribution >= 0.6 is 0 Å². The maximum atomic E-state index is 12.6. The summed E-state index contributed by atoms with van der Waals surface area (Å²) in [6.45, 7) is 3.66. The molecule has 4 heterocycles. The summed E-state index contributed by atoms with van der Waals surface area (Å²) in [6.07, 6.45) is 9.94. The molecule has 2 aromatic heterocycles. The SMILES string of the molecule is O=C(NC[C@@H]1CCC2(CCN(Cc3ccncc3)CC2)O1)c1ccc2[nH]ccc2c1. The van der Waals surface area contributed by atoms with Gasteiger partial charge in [0.15, 0.2) is 0 Å². The van der Waals surface area contributed by atoms with E-state index >= 15 is 0 Å². The van der Waals surface area contributed by atoms with E-state index in [1.807, 2.05) is 42.9 Å². The van der Waals surface area contributed by atoms with E-state index in [4.69, 9.17) is 4.74 Å².